The van der Waals surface area contributed by atoms with Gasteiger partial charge in [0.15, 0.2) is 5.11 Å². The minimum atomic E-state index is 0.193. The molecule has 0 fully saturated rings. The number of hydrogen-bond donors (Lipinski definition) is 2. The second kappa shape index (κ2) is 3.82. The molecule has 0 aromatic heterocycles. The van der Waals surface area contributed by atoms with Crippen LogP contribution in [-0.4, -0.2) is 11.4 Å². The molecule has 3 nitrogen and oxygen atoms in total. The number of hydrogen-bond acceptors (Lipinski definition) is 2. The molecule has 0 saturated heterocycles. The van der Waals surface area contributed by atoms with E-state index >= 15 is 0 Å². The van der Waals surface area contributed by atoms with Crippen LogP contribution in [0.25, 0.3) is 0 Å². The van der Waals surface area contributed by atoms with Gasteiger partial charge in [-0.15, -0.1) is 0 Å². The van der Waals surface area contributed by atoms with Gasteiger partial charge in [-0.1, -0.05) is 12.1 Å². The molecule has 0 spiro atoms. The van der Waals surface area contributed by atoms with Gasteiger partial charge in [0, 0.05) is 11.3 Å². The summed E-state index contributed by atoms with van der Waals surface area (Å²) in [5, 5.41) is 2.92. The maximum absolute atomic E-state index is 10.4. The smallest absolute Gasteiger partial charge is 0.168 e. The summed E-state index contributed by atoms with van der Waals surface area (Å²) in [6.45, 7) is 0. The monoisotopic (exact) mass is 180 g/mol. The molecule has 12 heavy (non-hydrogen) atoms. The maximum Gasteiger partial charge on any atom is 0.168 e. The molecule has 0 unspecified atom stereocenters. The van der Waals surface area contributed by atoms with Crippen LogP contribution >= 0.6 is 12.2 Å². The lowest BCUT2D eigenvalue weighted by Gasteiger charge is -2.02. The van der Waals surface area contributed by atoms with Gasteiger partial charge in [0.05, 0.1) is 0 Å². The molecule has 1 aromatic carbocycles. The summed E-state index contributed by atoms with van der Waals surface area (Å²) in [4.78, 5) is 10.4. The average Bonchev–Trinajstić information content (AvgIpc) is 2.03. The molecule has 4 heteroatoms. The van der Waals surface area contributed by atoms with Crippen molar-refractivity contribution >= 4 is 29.3 Å². The second-order valence-corrected chi connectivity index (χ2v) is 2.67. The van der Waals surface area contributed by atoms with Crippen LogP contribution in [0, 0.1) is 0 Å². The zero-order valence-electron chi connectivity index (χ0n) is 6.28. The Hall–Kier alpha value is -1.42. The van der Waals surface area contributed by atoms with Gasteiger partial charge in [0.2, 0.25) is 0 Å². The molecule has 0 heterocycles. The third-order valence-corrected chi connectivity index (χ3v) is 1.39. The van der Waals surface area contributed by atoms with Gasteiger partial charge < -0.3 is 11.1 Å². The molecule has 0 aliphatic rings. The van der Waals surface area contributed by atoms with Crippen molar-refractivity contribution in [2.75, 3.05) is 5.32 Å². The number of thiocarbonyl (C=S) groups is 1. The zero-order chi connectivity index (χ0) is 8.97. The predicted octanol–water partition coefficient (Wildman–Crippen LogP) is 1.15. The summed E-state index contributed by atoms with van der Waals surface area (Å²) >= 11 is 4.64. The fourth-order valence-corrected chi connectivity index (χ4v) is 0.950. The first-order chi connectivity index (χ1) is 5.72. The van der Waals surface area contributed by atoms with Crippen LogP contribution in [0.15, 0.2) is 24.3 Å². The van der Waals surface area contributed by atoms with Crippen molar-refractivity contribution in [2.45, 2.75) is 0 Å². The third-order valence-electron chi connectivity index (χ3n) is 1.29. The molecule has 0 aliphatic heterocycles. The summed E-state index contributed by atoms with van der Waals surface area (Å²) in [6, 6.07) is 6.92. The Morgan fingerprint density at radius 1 is 1.58 bits per heavy atom. The fraction of sp³-hybridized carbons (Fsp3) is 0. The van der Waals surface area contributed by atoms with E-state index in [-0.39, 0.29) is 5.11 Å². The molecule has 62 valence electrons. The lowest BCUT2D eigenvalue weighted by atomic mass is 10.2. The Morgan fingerprint density at radius 3 is 2.92 bits per heavy atom. The van der Waals surface area contributed by atoms with E-state index in [2.05, 4.69) is 17.5 Å². The van der Waals surface area contributed by atoms with Crippen molar-refractivity contribution in [3.63, 3.8) is 0 Å². The SMILES string of the molecule is NC(=S)Nc1cccc(C=O)c1. The lowest BCUT2D eigenvalue weighted by Crippen LogP contribution is -2.18. The number of rotatable bonds is 2. The number of nitrogens with two attached hydrogens (primary N) is 1. The van der Waals surface area contributed by atoms with Crippen LogP contribution < -0.4 is 11.1 Å². The van der Waals surface area contributed by atoms with Crippen LogP contribution in [0.1, 0.15) is 10.4 Å². The number of carbonyl (C=O) groups is 1. The number of carbonyl (C=O) groups excluding carboxylic acids is 1. The van der Waals surface area contributed by atoms with Crippen LogP contribution in [0.4, 0.5) is 5.69 Å². The van der Waals surface area contributed by atoms with Gasteiger partial charge in [-0.3, -0.25) is 4.79 Å². The first-order valence-electron chi connectivity index (χ1n) is 3.34. The molecular weight excluding hydrogens is 172 g/mol. The van der Waals surface area contributed by atoms with Gasteiger partial charge in [-0.2, -0.15) is 0 Å². The fourth-order valence-electron chi connectivity index (χ4n) is 0.832. The lowest BCUT2D eigenvalue weighted by molar-refractivity contribution is 0.112. The minimum Gasteiger partial charge on any atom is -0.376 e. The summed E-state index contributed by atoms with van der Waals surface area (Å²) in [6.07, 6.45) is 0.769. The highest BCUT2D eigenvalue weighted by atomic mass is 32.1. The van der Waals surface area contributed by atoms with Crippen molar-refractivity contribution in [3.8, 4) is 0 Å². The number of aldehydes is 1. The van der Waals surface area contributed by atoms with Gasteiger partial charge in [-0.25, -0.2) is 0 Å². The Balaban J connectivity index is 2.86. The first kappa shape index (κ1) is 8.67. The molecule has 0 bridgehead atoms. The molecule has 0 aliphatic carbocycles. The highest BCUT2D eigenvalue weighted by Gasteiger charge is 1.93. The maximum atomic E-state index is 10.4. The van der Waals surface area contributed by atoms with Crippen molar-refractivity contribution in [3.05, 3.63) is 29.8 Å². The van der Waals surface area contributed by atoms with Gasteiger partial charge in [0.25, 0.3) is 0 Å². The summed E-state index contributed by atoms with van der Waals surface area (Å²) in [7, 11) is 0. The van der Waals surface area contributed by atoms with E-state index in [0.29, 0.717) is 5.56 Å². The first-order valence-corrected chi connectivity index (χ1v) is 3.75. The van der Waals surface area contributed by atoms with E-state index in [0.717, 1.165) is 12.0 Å². The zero-order valence-corrected chi connectivity index (χ0v) is 7.10. The van der Waals surface area contributed by atoms with Crippen LogP contribution in [0.5, 0.6) is 0 Å². The Bertz CT molecular complexity index is 312. The summed E-state index contributed by atoms with van der Waals surface area (Å²) in [5.41, 5.74) is 6.57. The normalized spacial score (nSPS) is 9.00. The Morgan fingerprint density at radius 2 is 2.33 bits per heavy atom. The van der Waals surface area contributed by atoms with Crippen molar-refractivity contribution < 1.29 is 4.79 Å². The van der Waals surface area contributed by atoms with Crippen LogP contribution in [0.2, 0.25) is 0 Å². The molecule has 0 atom stereocenters. The van der Waals surface area contributed by atoms with E-state index < -0.39 is 0 Å². The molecular formula is C8H8N2OS. The minimum absolute atomic E-state index is 0.193. The van der Waals surface area contributed by atoms with Gasteiger partial charge in [-0.05, 0) is 24.4 Å². The van der Waals surface area contributed by atoms with E-state index in [4.69, 9.17) is 5.73 Å². The van der Waals surface area contributed by atoms with E-state index in [1.807, 2.05) is 0 Å². The molecule has 0 amide bonds. The van der Waals surface area contributed by atoms with Crippen molar-refractivity contribution in [2.24, 2.45) is 5.73 Å². The molecule has 1 rings (SSSR count). The van der Waals surface area contributed by atoms with Crippen LogP contribution in [0.3, 0.4) is 0 Å². The molecule has 0 saturated carbocycles. The third kappa shape index (κ3) is 2.32. The van der Waals surface area contributed by atoms with E-state index in [1.54, 1.807) is 24.3 Å². The quantitative estimate of drug-likeness (QED) is 0.529. The number of nitrogens with one attached hydrogen (secondary N) is 1. The summed E-state index contributed by atoms with van der Waals surface area (Å²) in [5.74, 6) is 0. The van der Waals surface area contributed by atoms with Crippen LogP contribution in [-0.2, 0) is 0 Å². The van der Waals surface area contributed by atoms with Crippen molar-refractivity contribution in [1.82, 2.24) is 0 Å². The van der Waals surface area contributed by atoms with E-state index in [1.165, 1.54) is 0 Å². The molecule has 1 aromatic rings. The standard InChI is InChI=1S/C8H8N2OS/c9-8(12)10-7-3-1-2-6(4-7)5-11/h1-5H,(H3,9,10,12). The Kier molecular flexibility index (Phi) is 2.76. The summed E-state index contributed by atoms with van der Waals surface area (Å²) < 4.78 is 0. The number of anilines is 1. The Labute approximate surface area is 75.6 Å². The highest BCUT2D eigenvalue weighted by Crippen LogP contribution is 2.08. The topological polar surface area (TPSA) is 55.1 Å². The number of benzene rings is 1. The molecule has 3 N–H and O–H groups in total. The van der Waals surface area contributed by atoms with Crippen molar-refractivity contribution in [1.29, 1.82) is 0 Å². The second-order valence-electron chi connectivity index (χ2n) is 2.23. The predicted molar refractivity (Wildman–Crippen MR) is 52.2 cm³/mol. The highest BCUT2D eigenvalue weighted by molar-refractivity contribution is 7.80. The average molecular weight is 180 g/mol. The van der Waals surface area contributed by atoms with E-state index in [9.17, 15) is 4.79 Å². The van der Waals surface area contributed by atoms with Gasteiger partial charge in [0.1, 0.15) is 6.29 Å². The largest absolute Gasteiger partial charge is 0.376 e. The van der Waals surface area contributed by atoms with Gasteiger partial charge >= 0.3 is 0 Å². The molecule has 0 radical (unpaired) electrons.